The average Bonchev–Trinajstić information content (AvgIpc) is 2.40. The zero-order chi connectivity index (χ0) is 14.0. The highest BCUT2D eigenvalue weighted by molar-refractivity contribution is 5.19. The molecule has 1 nitrogen and oxygen atoms in total. The van der Waals surface area contributed by atoms with Crippen molar-refractivity contribution in [3.63, 3.8) is 0 Å². The summed E-state index contributed by atoms with van der Waals surface area (Å²) in [5.41, 5.74) is 4.96. The molecule has 0 aliphatic rings. The largest absolute Gasteiger partial charge is 0.261 e. The van der Waals surface area contributed by atoms with Gasteiger partial charge in [0.2, 0.25) is 0 Å². The van der Waals surface area contributed by atoms with Gasteiger partial charge in [-0.3, -0.25) is 4.98 Å². The summed E-state index contributed by atoms with van der Waals surface area (Å²) in [5, 5.41) is 0. The van der Waals surface area contributed by atoms with Crippen LogP contribution in [-0.2, 0) is 0 Å². The monoisotopic (exact) mass is 243 g/mol. The summed E-state index contributed by atoms with van der Waals surface area (Å²) < 4.78 is 0. The molecule has 0 atom stereocenters. The first-order valence-electron chi connectivity index (χ1n) is 6.50. The van der Waals surface area contributed by atoms with Crippen molar-refractivity contribution in [3.05, 3.63) is 65.0 Å². The molecule has 0 aliphatic carbocycles. The van der Waals surface area contributed by atoms with E-state index in [4.69, 9.17) is 0 Å². The minimum atomic E-state index is 1.08. The summed E-state index contributed by atoms with van der Waals surface area (Å²) >= 11 is 0. The van der Waals surface area contributed by atoms with E-state index >= 15 is 0 Å². The molecule has 0 N–H and O–H groups in total. The van der Waals surface area contributed by atoms with Crippen LogP contribution in [0.15, 0.2) is 42.6 Å². The smallest absolute Gasteiger partial charge is 0.0372 e. The highest BCUT2D eigenvalue weighted by Crippen LogP contribution is 1.99. The topological polar surface area (TPSA) is 12.9 Å². The van der Waals surface area contributed by atoms with E-state index in [1.807, 2.05) is 40.0 Å². The third kappa shape index (κ3) is 7.61. The number of rotatable bonds is 0. The summed E-state index contributed by atoms with van der Waals surface area (Å²) in [5.74, 6) is 0. The van der Waals surface area contributed by atoms with Gasteiger partial charge in [-0.1, -0.05) is 55.3 Å². The van der Waals surface area contributed by atoms with Crippen LogP contribution >= 0.6 is 0 Å². The lowest BCUT2D eigenvalue weighted by molar-refractivity contribution is 1.17. The van der Waals surface area contributed by atoms with Crippen LogP contribution in [0.3, 0.4) is 0 Å². The van der Waals surface area contributed by atoms with Crippen LogP contribution in [0.25, 0.3) is 0 Å². The van der Waals surface area contributed by atoms with E-state index in [1.54, 1.807) is 0 Å². The van der Waals surface area contributed by atoms with Gasteiger partial charge in [0, 0.05) is 11.9 Å². The van der Waals surface area contributed by atoms with Crippen molar-refractivity contribution in [2.45, 2.75) is 41.5 Å². The summed E-state index contributed by atoms with van der Waals surface area (Å²) in [7, 11) is 0. The molecular weight excluding hydrogens is 218 g/mol. The van der Waals surface area contributed by atoms with E-state index in [9.17, 15) is 0 Å². The molecule has 0 amide bonds. The first-order valence-corrected chi connectivity index (χ1v) is 6.50. The van der Waals surface area contributed by atoms with Crippen molar-refractivity contribution in [1.29, 1.82) is 0 Å². The maximum atomic E-state index is 4.08. The fourth-order valence-corrected chi connectivity index (χ4v) is 1.18. The second kappa shape index (κ2) is 9.41. The van der Waals surface area contributed by atoms with Gasteiger partial charge in [-0.05, 0) is 39.3 Å². The van der Waals surface area contributed by atoms with Gasteiger partial charge in [-0.2, -0.15) is 0 Å². The van der Waals surface area contributed by atoms with E-state index < -0.39 is 0 Å². The highest BCUT2D eigenvalue weighted by atomic mass is 14.6. The summed E-state index contributed by atoms with van der Waals surface area (Å²) in [4.78, 5) is 4.08. The SMILES string of the molecule is CC.Cc1ccc(C)cc1.Cc1ccc(C)nc1. The number of aryl methyl sites for hydroxylation is 4. The molecule has 0 radical (unpaired) electrons. The van der Waals surface area contributed by atoms with Gasteiger partial charge < -0.3 is 0 Å². The molecule has 2 aromatic rings. The number of benzene rings is 1. The Morgan fingerprint density at radius 1 is 0.611 bits per heavy atom. The molecule has 0 saturated carbocycles. The minimum Gasteiger partial charge on any atom is -0.261 e. The van der Waals surface area contributed by atoms with Crippen LogP contribution in [0.2, 0.25) is 0 Å². The van der Waals surface area contributed by atoms with Gasteiger partial charge >= 0.3 is 0 Å². The van der Waals surface area contributed by atoms with E-state index in [0.717, 1.165) is 5.69 Å². The van der Waals surface area contributed by atoms with Crippen LogP contribution < -0.4 is 0 Å². The summed E-state index contributed by atoms with van der Waals surface area (Å²) in [6.07, 6.45) is 1.87. The Bertz CT molecular complexity index is 327. The molecule has 0 spiro atoms. The number of hydrogen-bond donors (Lipinski definition) is 0. The third-order valence-corrected chi connectivity index (χ3v) is 2.28. The maximum Gasteiger partial charge on any atom is 0.0372 e. The second-order valence-corrected chi connectivity index (χ2v) is 4.13. The average molecular weight is 243 g/mol. The van der Waals surface area contributed by atoms with Crippen LogP contribution in [0.1, 0.15) is 36.2 Å². The number of nitrogens with zero attached hydrogens (tertiary/aromatic N) is 1. The van der Waals surface area contributed by atoms with E-state index in [0.29, 0.717) is 0 Å². The Hall–Kier alpha value is -1.63. The molecule has 1 heterocycles. The van der Waals surface area contributed by atoms with Gasteiger partial charge in [0.1, 0.15) is 0 Å². The van der Waals surface area contributed by atoms with Crippen molar-refractivity contribution in [3.8, 4) is 0 Å². The molecule has 0 aliphatic heterocycles. The van der Waals surface area contributed by atoms with Crippen molar-refractivity contribution in [2.24, 2.45) is 0 Å². The molecule has 0 unspecified atom stereocenters. The molecule has 18 heavy (non-hydrogen) atoms. The lowest BCUT2D eigenvalue weighted by Gasteiger charge is -1.90. The van der Waals surface area contributed by atoms with E-state index in [2.05, 4.69) is 49.2 Å². The van der Waals surface area contributed by atoms with Gasteiger partial charge in [0.15, 0.2) is 0 Å². The first kappa shape index (κ1) is 16.4. The number of hydrogen-bond acceptors (Lipinski definition) is 1. The molecule has 1 aromatic heterocycles. The van der Waals surface area contributed by atoms with Crippen molar-refractivity contribution >= 4 is 0 Å². The highest BCUT2D eigenvalue weighted by Gasteiger charge is 1.81. The van der Waals surface area contributed by atoms with Gasteiger partial charge in [0.25, 0.3) is 0 Å². The van der Waals surface area contributed by atoms with Crippen molar-refractivity contribution in [1.82, 2.24) is 4.98 Å². The number of aromatic nitrogens is 1. The lowest BCUT2D eigenvalue weighted by Crippen LogP contribution is -1.78. The van der Waals surface area contributed by atoms with Gasteiger partial charge in [-0.15, -0.1) is 0 Å². The molecule has 0 fully saturated rings. The quantitative estimate of drug-likeness (QED) is 0.632. The Kier molecular flexibility index (Phi) is 8.55. The first-order chi connectivity index (χ1) is 8.58. The Morgan fingerprint density at radius 2 is 1.00 bits per heavy atom. The standard InChI is InChI=1S/C8H10.C7H9N.C2H6/c1-7-3-5-8(2)6-4-7;1-6-3-4-7(2)8-5-6;1-2/h3-6H,1-2H3;3-5H,1-2H3;1-2H3. The fourth-order valence-electron chi connectivity index (χ4n) is 1.18. The Morgan fingerprint density at radius 3 is 1.28 bits per heavy atom. The second-order valence-electron chi connectivity index (χ2n) is 4.13. The number of pyridine rings is 1. The zero-order valence-electron chi connectivity index (χ0n) is 12.5. The van der Waals surface area contributed by atoms with Gasteiger partial charge in [0.05, 0.1) is 0 Å². The molecule has 1 aromatic carbocycles. The predicted molar refractivity (Wildman–Crippen MR) is 81.0 cm³/mol. The summed E-state index contributed by atoms with van der Waals surface area (Å²) in [6.45, 7) is 12.2. The van der Waals surface area contributed by atoms with Crippen molar-refractivity contribution < 1.29 is 0 Å². The third-order valence-electron chi connectivity index (χ3n) is 2.28. The normalized spacial score (nSPS) is 8.56. The lowest BCUT2D eigenvalue weighted by atomic mass is 10.2. The maximum absolute atomic E-state index is 4.08. The van der Waals surface area contributed by atoms with Crippen LogP contribution in [-0.4, -0.2) is 4.98 Å². The van der Waals surface area contributed by atoms with E-state index in [-0.39, 0.29) is 0 Å². The van der Waals surface area contributed by atoms with Crippen LogP contribution in [0.5, 0.6) is 0 Å². The molecule has 2 rings (SSSR count). The molecule has 0 bridgehead atoms. The molecular formula is C17H25N. The van der Waals surface area contributed by atoms with Crippen LogP contribution in [0, 0.1) is 27.7 Å². The fraction of sp³-hybridized carbons (Fsp3) is 0.353. The predicted octanol–water partition coefficient (Wildman–Crippen LogP) is 5.03. The van der Waals surface area contributed by atoms with E-state index in [1.165, 1.54) is 16.7 Å². The Labute approximate surface area is 112 Å². The van der Waals surface area contributed by atoms with Crippen LogP contribution in [0.4, 0.5) is 0 Å². The Balaban J connectivity index is 0.000000283. The molecule has 0 saturated heterocycles. The zero-order valence-corrected chi connectivity index (χ0v) is 12.5. The van der Waals surface area contributed by atoms with Crippen molar-refractivity contribution in [2.75, 3.05) is 0 Å². The molecule has 98 valence electrons. The molecule has 1 heteroatoms. The summed E-state index contributed by atoms with van der Waals surface area (Å²) in [6, 6.07) is 12.5. The van der Waals surface area contributed by atoms with Gasteiger partial charge in [-0.25, -0.2) is 0 Å². The minimum absolute atomic E-state index is 1.08.